The molecular formula is C11H16N4O2. The van der Waals surface area contributed by atoms with Gasteiger partial charge in [0.2, 0.25) is 0 Å². The largest absolute Gasteiger partial charge is 0.476 e. The van der Waals surface area contributed by atoms with Gasteiger partial charge in [0, 0.05) is 19.0 Å². The number of terminal acetylenes is 1. The summed E-state index contributed by atoms with van der Waals surface area (Å²) in [5.74, 6) is 1.54. The van der Waals surface area contributed by atoms with Gasteiger partial charge in [0.05, 0.1) is 12.7 Å². The van der Waals surface area contributed by atoms with Crippen molar-refractivity contribution in [3.63, 3.8) is 0 Å². The number of nitrogens with zero attached hydrogens (tertiary/aromatic N) is 3. The predicted octanol–water partition coefficient (Wildman–Crippen LogP) is 0.368. The lowest BCUT2D eigenvalue weighted by Gasteiger charge is -2.13. The lowest BCUT2D eigenvalue weighted by molar-refractivity contribution is 0.0690. The maximum atomic E-state index is 10.6. The van der Waals surface area contributed by atoms with Crippen LogP contribution < -0.4 is 5.32 Å². The van der Waals surface area contributed by atoms with E-state index in [1.807, 2.05) is 0 Å². The van der Waals surface area contributed by atoms with Crippen LogP contribution in [-0.2, 0) is 6.54 Å². The van der Waals surface area contributed by atoms with E-state index in [1.165, 1.54) is 10.9 Å². The van der Waals surface area contributed by atoms with Gasteiger partial charge in [0.1, 0.15) is 0 Å². The zero-order valence-corrected chi connectivity index (χ0v) is 9.76. The molecule has 1 rings (SSSR count). The Morgan fingerprint density at radius 2 is 2.53 bits per heavy atom. The molecule has 6 nitrogen and oxygen atoms in total. The summed E-state index contributed by atoms with van der Waals surface area (Å²) in [5.41, 5.74) is -0.0410. The monoisotopic (exact) mass is 236 g/mol. The van der Waals surface area contributed by atoms with Crippen LogP contribution in [0.3, 0.4) is 0 Å². The molecule has 1 aromatic heterocycles. The highest BCUT2D eigenvalue weighted by Crippen LogP contribution is 1.96. The fraction of sp³-hybridized carbons (Fsp3) is 0.545. The number of carboxylic acid groups (broad SMARTS) is 1. The molecule has 0 saturated carbocycles. The van der Waals surface area contributed by atoms with Crippen LogP contribution in [-0.4, -0.2) is 38.7 Å². The summed E-state index contributed by atoms with van der Waals surface area (Å²) in [7, 11) is 0. The molecule has 6 heteroatoms. The van der Waals surface area contributed by atoms with Gasteiger partial charge in [-0.1, -0.05) is 12.1 Å². The van der Waals surface area contributed by atoms with Crippen molar-refractivity contribution >= 4 is 5.97 Å². The lowest BCUT2D eigenvalue weighted by atomic mass is 10.1. The van der Waals surface area contributed by atoms with Crippen LogP contribution >= 0.6 is 0 Å². The van der Waals surface area contributed by atoms with Crippen LogP contribution in [0.5, 0.6) is 0 Å². The van der Waals surface area contributed by atoms with Crippen LogP contribution in [0.1, 0.15) is 30.3 Å². The minimum Gasteiger partial charge on any atom is -0.476 e. The van der Waals surface area contributed by atoms with E-state index in [4.69, 9.17) is 11.5 Å². The van der Waals surface area contributed by atoms with Gasteiger partial charge < -0.3 is 10.4 Å². The minimum absolute atomic E-state index is 0.0410. The summed E-state index contributed by atoms with van der Waals surface area (Å²) < 4.78 is 1.50. The molecule has 0 bridgehead atoms. The Morgan fingerprint density at radius 3 is 3.06 bits per heavy atom. The molecule has 0 fully saturated rings. The highest BCUT2D eigenvalue weighted by Gasteiger charge is 2.08. The van der Waals surface area contributed by atoms with Gasteiger partial charge in [-0.15, -0.1) is 17.4 Å². The third kappa shape index (κ3) is 4.25. The highest BCUT2D eigenvalue weighted by atomic mass is 16.4. The number of aromatic carboxylic acids is 1. The second kappa shape index (κ2) is 6.66. The third-order valence-electron chi connectivity index (χ3n) is 2.39. The summed E-state index contributed by atoms with van der Waals surface area (Å²) in [5, 5.41) is 19.2. The maximum Gasteiger partial charge on any atom is 0.358 e. The van der Waals surface area contributed by atoms with E-state index in [2.05, 4.69) is 28.5 Å². The maximum absolute atomic E-state index is 10.6. The van der Waals surface area contributed by atoms with Crippen molar-refractivity contribution in [3.05, 3.63) is 11.9 Å². The number of nitrogens with one attached hydrogen (secondary N) is 1. The lowest BCUT2D eigenvalue weighted by Crippen LogP contribution is -2.31. The van der Waals surface area contributed by atoms with E-state index in [9.17, 15) is 4.79 Å². The molecule has 0 aliphatic carbocycles. The smallest absolute Gasteiger partial charge is 0.358 e. The zero-order valence-electron chi connectivity index (χ0n) is 9.76. The van der Waals surface area contributed by atoms with Gasteiger partial charge in [0.15, 0.2) is 5.69 Å². The van der Waals surface area contributed by atoms with Crippen molar-refractivity contribution in [2.75, 3.05) is 6.54 Å². The number of aromatic nitrogens is 3. The van der Waals surface area contributed by atoms with Crippen molar-refractivity contribution in [2.24, 2.45) is 0 Å². The first kappa shape index (κ1) is 13.2. The van der Waals surface area contributed by atoms with Crippen LogP contribution in [0.25, 0.3) is 0 Å². The van der Waals surface area contributed by atoms with Crippen LogP contribution in [0, 0.1) is 12.3 Å². The van der Waals surface area contributed by atoms with Gasteiger partial charge in [-0.3, -0.25) is 4.68 Å². The Labute approximate surface area is 100 Å². The number of rotatable bonds is 7. The van der Waals surface area contributed by atoms with Gasteiger partial charge >= 0.3 is 5.97 Å². The van der Waals surface area contributed by atoms with E-state index in [0.29, 0.717) is 25.6 Å². The summed E-state index contributed by atoms with van der Waals surface area (Å²) >= 11 is 0. The molecular weight excluding hydrogens is 220 g/mol. The third-order valence-corrected chi connectivity index (χ3v) is 2.39. The average Bonchev–Trinajstić information content (AvgIpc) is 2.77. The topological polar surface area (TPSA) is 80.0 Å². The standard InChI is InChI=1S/C11H16N4O2/c1-3-5-9(4-2)12-6-7-15-8-10(11(16)17)13-14-15/h1,8-9,12H,4-7H2,2H3,(H,16,17). The fourth-order valence-electron chi connectivity index (χ4n) is 1.39. The van der Waals surface area contributed by atoms with E-state index < -0.39 is 5.97 Å². The van der Waals surface area contributed by atoms with Gasteiger partial charge in [-0.05, 0) is 6.42 Å². The molecule has 1 aromatic rings. The van der Waals surface area contributed by atoms with E-state index in [1.54, 1.807) is 0 Å². The highest BCUT2D eigenvalue weighted by molar-refractivity contribution is 5.84. The van der Waals surface area contributed by atoms with Crippen molar-refractivity contribution in [2.45, 2.75) is 32.4 Å². The summed E-state index contributed by atoms with van der Waals surface area (Å²) in [4.78, 5) is 10.6. The number of hydrogen-bond donors (Lipinski definition) is 2. The first-order valence-electron chi connectivity index (χ1n) is 5.47. The number of hydrogen-bond acceptors (Lipinski definition) is 4. The molecule has 2 N–H and O–H groups in total. The van der Waals surface area contributed by atoms with Crippen LogP contribution in [0.2, 0.25) is 0 Å². The number of carboxylic acids is 1. The first-order chi connectivity index (χ1) is 8.17. The fourth-order valence-corrected chi connectivity index (χ4v) is 1.39. The van der Waals surface area contributed by atoms with Crippen molar-refractivity contribution in [1.29, 1.82) is 0 Å². The van der Waals surface area contributed by atoms with Crippen molar-refractivity contribution in [3.8, 4) is 12.3 Å². The summed E-state index contributed by atoms with van der Waals surface area (Å²) in [6.45, 7) is 3.32. The SMILES string of the molecule is C#CCC(CC)NCCn1cc(C(=O)O)nn1. The Morgan fingerprint density at radius 1 is 1.76 bits per heavy atom. The average molecular weight is 236 g/mol. The Kier molecular flexibility index (Phi) is 5.17. The molecule has 0 radical (unpaired) electrons. The molecule has 1 atom stereocenters. The van der Waals surface area contributed by atoms with E-state index >= 15 is 0 Å². The zero-order chi connectivity index (χ0) is 12.7. The van der Waals surface area contributed by atoms with E-state index in [0.717, 1.165) is 6.42 Å². The quantitative estimate of drug-likeness (QED) is 0.668. The Bertz CT molecular complexity index is 408. The Balaban J connectivity index is 2.35. The molecule has 17 heavy (non-hydrogen) atoms. The van der Waals surface area contributed by atoms with Crippen LogP contribution in [0.4, 0.5) is 0 Å². The number of carbonyl (C=O) groups is 1. The molecule has 0 aromatic carbocycles. The molecule has 0 aliphatic heterocycles. The minimum atomic E-state index is -1.07. The van der Waals surface area contributed by atoms with Crippen molar-refractivity contribution in [1.82, 2.24) is 20.3 Å². The second-order valence-electron chi connectivity index (χ2n) is 3.64. The summed E-state index contributed by atoms with van der Waals surface area (Å²) in [6.07, 6.45) is 8.30. The normalized spacial score (nSPS) is 12.0. The van der Waals surface area contributed by atoms with Gasteiger partial charge in [-0.2, -0.15) is 0 Å². The predicted molar refractivity (Wildman–Crippen MR) is 62.5 cm³/mol. The van der Waals surface area contributed by atoms with Crippen molar-refractivity contribution < 1.29 is 9.90 Å². The van der Waals surface area contributed by atoms with Gasteiger partial charge in [-0.25, -0.2) is 4.79 Å². The van der Waals surface area contributed by atoms with Gasteiger partial charge in [0.25, 0.3) is 0 Å². The molecule has 92 valence electrons. The first-order valence-corrected chi connectivity index (χ1v) is 5.47. The molecule has 0 saturated heterocycles. The Hall–Kier alpha value is -1.87. The molecule has 0 spiro atoms. The summed E-state index contributed by atoms with van der Waals surface area (Å²) in [6, 6.07) is 0.294. The molecule has 1 heterocycles. The molecule has 1 unspecified atom stereocenters. The van der Waals surface area contributed by atoms with E-state index in [-0.39, 0.29) is 5.69 Å². The molecule has 0 aliphatic rings. The second-order valence-corrected chi connectivity index (χ2v) is 3.64. The molecule has 0 amide bonds. The van der Waals surface area contributed by atoms with Crippen LogP contribution in [0.15, 0.2) is 6.20 Å².